The molecule has 0 spiro atoms. The van der Waals surface area contributed by atoms with Crippen molar-refractivity contribution in [3.63, 3.8) is 0 Å². The molecule has 0 radical (unpaired) electrons. The quantitative estimate of drug-likeness (QED) is 0.628. The van der Waals surface area contributed by atoms with Crippen molar-refractivity contribution >= 4 is 17.3 Å². The summed E-state index contributed by atoms with van der Waals surface area (Å²) in [5.74, 6) is 0. The van der Waals surface area contributed by atoms with Gasteiger partial charge in [-0.2, -0.15) is 26.3 Å². The maximum absolute atomic E-state index is 12.8. The molecule has 0 aliphatic rings. The number of hydrogen-bond donors (Lipinski definition) is 2. The van der Waals surface area contributed by atoms with E-state index in [0.29, 0.717) is 18.6 Å². The Morgan fingerprint density at radius 3 is 1.86 bits per heavy atom. The lowest BCUT2D eigenvalue weighted by Crippen LogP contribution is -2.33. The second-order valence-corrected chi connectivity index (χ2v) is 5.13. The Bertz CT molecular complexity index is 506. The Balaban J connectivity index is 3.41. The number of nitrogens with one attached hydrogen (secondary N) is 1. The van der Waals surface area contributed by atoms with Crippen LogP contribution < -0.4 is 11.1 Å². The summed E-state index contributed by atoms with van der Waals surface area (Å²) >= 11 is 4.62. The average Bonchev–Trinajstić information content (AvgIpc) is 2.35. The van der Waals surface area contributed by atoms with Crippen molar-refractivity contribution < 1.29 is 26.3 Å². The van der Waals surface area contributed by atoms with Crippen LogP contribution in [0.2, 0.25) is 0 Å². The van der Waals surface area contributed by atoms with E-state index in [1.165, 1.54) is 0 Å². The number of rotatable bonds is 4. The molecule has 2 nitrogen and oxygen atoms in total. The first kappa shape index (κ1) is 18.5. The summed E-state index contributed by atoms with van der Waals surface area (Å²) in [6.07, 6.45) is -8.94. The lowest BCUT2D eigenvalue weighted by atomic mass is 9.97. The van der Waals surface area contributed by atoms with Gasteiger partial charge in [-0.15, -0.1) is 0 Å². The molecule has 1 aromatic rings. The minimum Gasteiger partial charge on any atom is -0.376 e. The number of hydrogen-bond acceptors (Lipinski definition) is 1. The first-order valence-corrected chi connectivity index (χ1v) is 6.71. The number of nitrogens with two attached hydrogens (primary N) is 1. The zero-order valence-corrected chi connectivity index (χ0v) is 12.3. The minimum absolute atomic E-state index is 0.0905. The van der Waals surface area contributed by atoms with Crippen LogP contribution in [0.1, 0.15) is 42.5 Å². The summed E-state index contributed by atoms with van der Waals surface area (Å²) < 4.78 is 76.9. The Morgan fingerprint density at radius 1 is 1.09 bits per heavy atom. The van der Waals surface area contributed by atoms with E-state index in [-0.39, 0.29) is 23.2 Å². The number of thiocarbonyl (C=S) groups is 1. The highest BCUT2D eigenvalue weighted by Crippen LogP contribution is 2.37. The second-order valence-electron chi connectivity index (χ2n) is 4.69. The van der Waals surface area contributed by atoms with Crippen molar-refractivity contribution in [3.8, 4) is 0 Å². The number of benzene rings is 1. The summed E-state index contributed by atoms with van der Waals surface area (Å²) in [5, 5.41) is 2.34. The van der Waals surface area contributed by atoms with E-state index in [1.54, 1.807) is 6.92 Å². The molecule has 0 amide bonds. The van der Waals surface area contributed by atoms with Crippen LogP contribution in [0.4, 0.5) is 26.3 Å². The molecule has 124 valence electrons. The van der Waals surface area contributed by atoms with E-state index in [9.17, 15) is 26.3 Å². The van der Waals surface area contributed by atoms with Crippen molar-refractivity contribution in [1.29, 1.82) is 0 Å². The minimum atomic E-state index is -4.88. The van der Waals surface area contributed by atoms with Gasteiger partial charge in [-0.25, -0.2) is 0 Å². The van der Waals surface area contributed by atoms with Crippen molar-refractivity contribution in [2.75, 3.05) is 0 Å². The average molecular weight is 344 g/mol. The zero-order valence-electron chi connectivity index (χ0n) is 11.5. The van der Waals surface area contributed by atoms with E-state index in [0.717, 1.165) is 0 Å². The predicted molar refractivity (Wildman–Crippen MR) is 74.0 cm³/mol. The van der Waals surface area contributed by atoms with Crippen LogP contribution >= 0.6 is 12.2 Å². The van der Waals surface area contributed by atoms with Crippen LogP contribution in [0.15, 0.2) is 18.2 Å². The lowest BCUT2D eigenvalue weighted by Gasteiger charge is -2.21. The highest BCUT2D eigenvalue weighted by atomic mass is 32.1. The molecular weight excluding hydrogens is 330 g/mol. The summed E-state index contributed by atoms with van der Waals surface area (Å²) in [6.45, 7) is 1.74. The molecule has 0 heterocycles. The highest BCUT2D eigenvalue weighted by Gasteiger charge is 2.37. The van der Waals surface area contributed by atoms with Crippen molar-refractivity contribution in [2.45, 2.75) is 38.2 Å². The standard InChI is InChI=1S/C13H14F6N2S/c1-2-3-10(21-11(20)22)7-4-8(12(14,15)16)6-9(5-7)13(17,18)19/h4-6,10H,2-3H2,1H3,(H3,20,21,22). The maximum atomic E-state index is 12.8. The van der Waals surface area contributed by atoms with Crippen LogP contribution in [0.3, 0.4) is 0 Å². The van der Waals surface area contributed by atoms with Crippen LogP contribution in [0.25, 0.3) is 0 Å². The monoisotopic (exact) mass is 344 g/mol. The molecule has 1 aromatic carbocycles. The normalized spacial score (nSPS) is 13.8. The van der Waals surface area contributed by atoms with E-state index in [4.69, 9.17) is 5.73 Å². The van der Waals surface area contributed by atoms with E-state index in [1.807, 2.05) is 0 Å². The molecule has 0 bridgehead atoms. The van der Waals surface area contributed by atoms with E-state index in [2.05, 4.69) is 17.5 Å². The summed E-state index contributed by atoms with van der Waals surface area (Å²) in [7, 11) is 0. The van der Waals surface area contributed by atoms with Crippen LogP contribution in [-0.2, 0) is 12.4 Å². The first-order valence-electron chi connectivity index (χ1n) is 6.30. The molecule has 3 N–H and O–H groups in total. The fraction of sp³-hybridized carbons (Fsp3) is 0.462. The molecule has 0 saturated heterocycles. The molecular formula is C13H14F6N2S. The molecule has 0 aliphatic carbocycles. The smallest absolute Gasteiger partial charge is 0.376 e. The lowest BCUT2D eigenvalue weighted by molar-refractivity contribution is -0.143. The molecule has 22 heavy (non-hydrogen) atoms. The van der Waals surface area contributed by atoms with Gasteiger partial charge in [0, 0.05) is 0 Å². The molecule has 0 saturated carbocycles. The molecule has 0 aliphatic heterocycles. The molecule has 1 atom stereocenters. The fourth-order valence-electron chi connectivity index (χ4n) is 1.96. The maximum Gasteiger partial charge on any atom is 0.416 e. The van der Waals surface area contributed by atoms with Gasteiger partial charge in [0.2, 0.25) is 0 Å². The predicted octanol–water partition coefficient (Wildman–Crippen LogP) is 4.40. The van der Waals surface area contributed by atoms with Crippen LogP contribution in [-0.4, -0.2) is 5.11 Å². The van der Waals surface area contributed by atoms with Gasteiger partial charge in [-0.05, 0) is 42.4 Å². The topological polar surface area (TPSA) is 38.0 Å². The Morgan fingerprint density at radius 2 is 1.55 bits per heavy atom. The highest BCUT2D eigenvalue weighted by molar-refractivity contribution is 7.80. The van der Waals surface area contributed by atoms with Crippen LogP contribution in [0.5, 0.6) is 0 Å². The van der Waals surface area contributed by atoms with Gasteiger partial charge in [-0.3, -0.25) is 0 Å². The Hall–Kier alpha value is -1.51. The SMILES string of the molecule is CCCC(NC(N)=S)c1cc(C(F)(F)F)cc(C(F)(F)F)c1. The van der Waals surface area contributed by atoms with Crippen molar-refractivity contribution in [2.24, 2.45) is 5.73 Å². The molecule has 1 rings (SSSR count). The van der Waals surface area contributed by atoms with E-state index >= 15 is 0 Å². The molecule has 0 fully saturated rings. The van der Waals surface area contributed by atoms with Gasteiger partial charge in [0.05, 0.1) is 17.2 Å². The number of alkyl halides is 6. The van der Waals surface area contributed by atoms with Gasteiger partial charge >= 0.3 is 12.4 Å². The van der Waals surface area contributed by atoms with Gasteiger partial charge in [0.25, 0.3) is 0 Å². The third-order valence-corrected chi connectivity index (χ3v) is 3.02. The third-order valence-electron chi connectivity index (χ3n) is 2.91. The molecule has 9 heteroatoms. The summed E-state index contributed by atoms with van der Waals surface area (Å²) in [6, 6.07) is 0.639. The van der Waals surface area contributed by atoms with Gasteiger partial charge < -0.3 is 11.1 Å². The van der Waals surface area contributed by atoms with Crippen molar-refractivity contribution in [1.82, 2.24) is 5.32 Å². The molecule has 1 unspecified atom stereocenters. The summed E-state index contributed by atoms with van der Waals surface area (Å²) in [4.78, 5) is 0. The zero-order chi connectivity index (χ0) is 17.1. The number of halogens is 6. The van der Waals surface area contributed by atoms with Gasteiger partial charge in [0.15, 0.2) is 5.11 Å². The Kier molecular flexibility index (Phi) is 5.66. The van der Waals surface area contributed by atoms with Crippen LogP contribution in [0, 0.1) is 0 Å². The Labute approximate surface area is 128 Å². The first-order chi connectivity index (χ1) is 9.95. The van der Waals surface area contributed by atoms with Gasteiger partial charge in [-0.1, -0.05) is 13.3 Å². The third kappa shape index (κ3) is 5.04. The molecule has 0 aromatic heterocycles. The second kappa shape index (κ2) is 6.72. The van der Waals surface area contributed by atoms with Crippen molar-refractivity contribution in [3.05, 3.63) is 34.9 Å². The largest absolute Gasteiger partial charge is 0.416 e. The fourth-order valence-corrected chi connectivity index (χ4v) is 2.10. The summed E-state index contributed by atoms with van der Waals surface area (Å²) in [5.41, 5.74) is 2.41. The van der Waals surface area contributed by atoms with Gasteiger partial charge in [0.1, 0.15) is 0 Å². The van der Waals surface area contributed by atoms with E-state index < -0.39 is 29.5 Å².